The molecule has 0 saturated heterocycles. The van der Waals surface area contributed by atoms with Crippen LogP contribution in [0.1, 0.15) is 26.5 Å². The van der Waals surface area contributed by atoms with Crippen LogP contribution in [0.3, 0.4) is 0 Å². The molecule has 4 aromatic rings. The Kier molecular flexibility index (Phi) is 4.89. The monoisotopic (exact) mass is 370 g/mol. The van der Waals surface area contributed by atoms with Crippen molar-refractivity contribution in [3.63, 3.8) is 0 Å². The Labute approximate surface area is 162 Å². The highest BCUT2D eigenvalue weighted by Gasteiger charge is 2.14. The molecule has 0 spiro atoms. The fourth-order valence-electron chi connectivity index (χ4n) is 2.99. The van der Waals surface area contributed by atoms with Crippen molar-refractivity contribution in [2.45, 2.75) is 6.54 Å². The average molecular weight is 370 g/mol. The topological polar surface area (TPSA) is 71.3 Å². The molecule has 0 aliphatic rings. The zero-order chi connectivity index (χ0) is 19.3. The molecular weight excluding hydrogens is 352 g/mol. The van der Waals surface area contributed by atoms with Crippen molar-refractivity contribution in [3.05, 3.63) is 102 Å². The summed E-state index contributed by atoms with van der Waals surface area (Å²) in [5, 5.41) is 7.69. The molecule has 0 saturated carbocycles. The lowest BCUT2D eigenvalue weighted by atomic mass is 10.1. The summed E-state index contributed by atoms with van der Waals surface area (Å²) in [7, 11) is 0. The maximum absolute atomic E-state index is 12.7. The molecule has 0 radical (unpaired) electrons. The fourth-order valence-corrected chi connectivity index (χ4v) is 2.99. The number of hydrogen-bond donors (Lipinski definition) is 2. The normalized spacial score (nSPS) is 10.6. The minimum absolute atomic E-state index is 0.267. The molecule has 1 aromatic heterocycles. The number of para-hydroxylation sites is 1. The molecule has 0 fully saturated rings. The molecule has 5 heteroatoms. The third-order valence-corrected chi connectivity index (χ3v) is 4.43. The largest absolute Gasteiger partial charge is 0.467 e. The van der Waals surface area contributed by atoms with E-state index in [9.17, 15) is 9.59 Å². The molecule has 3 aromatic carbocycles. The Morgan fingerprint density at radius 3 is 2.39 bits per heavy atom. The Morgan fingerprint density at radius 1 is 0.786 bits per heavy atom. The molecule has 4 rings (SSSR count). The number of rotatable bonds is 5. The average Bonchev–Trinajstić information content (AvgIpc) is 3.25. The second kappa shape index (κ2) is 7.80. The Morgan fingerprint density at radius 2 is 1.57 bits per heavy atom. The van der Waals surface area contributed by atoms with E-state index in [4.69, 9.17) is 4.42 Å². The first-order valence-corrected chi connectivity index (χ1v) is 8.90. The van der Waals surface area contributed by atoms with Gasteiger partial charge in [-0.25, -0.2) is 0 Å². The van der Waals surface area contributed by atoms with E-state index in [0.29, 0.717) is 22.6 Å². The predicted molar refractivity (Wildman–Crippen MR) is 108 cm³/mol. The van der Waals surface area contributed by atoms with Crippen LogP contribution in [0.5, 0.6) is 0 Å². The summed E-state index contributed by atoms with van der Waals surface area (Å²) in [5.74, 6) is 0.105. The maximum Gasteiger partial charge on any atom is 0.255 e. The zero-order valence-corrected chi connectivity index (χ0v) is 15.0. The van der Waals surface area contributed by atoms with Crippen LogP contribution in [-0.2, 0) is 6.54 Å². The van der Waals surface area contributed by atoms with Crippen molar-refractivity contribution >= 4 is 28.3 Å². The number of amides is 2. The number of carbonyl (C=O) groups is 2. The van der Waals surface area contributed by atoms with Crippen molar-refractivity contribution in [1.82, 2.24) is 5.32 Å². The van der Waals surface area contributed by atoms with Crippen molar-refractivity contribution < 1.29 is 14.0 Å². The van der Waals surface area contributed by atoms with Gasteiger partial charge in [-0.15, -0.1) is 0 Å². The minimum Gasteiger partial charge on any atom is -0.467 e. The summed E-state index contributed by atoms with van der Waals surface area (Å²) in [6.07, 6.45) is 1.55. The predicted octanol–water partition coefficient (Wildman–Crippen LogP) is 4.62. The highest BCUT2D eigenvalue weighted by molar-refractivity contribution is 6.10. The number of fused-ring (bicyclic) bond motifs is 1. The summed E-state index contributed by atoms with van der Waals surface area (Å²) in [4.78, 5) is 25.3. The van der Waals surface area contributed by atoms with E-state index in [0.717, 1.165) is 10.8 Å². The summed E-state index contributed by atoms with van der Waals surface area (Å²) in [6.45, 7) is 0.277. The van der Waals surface area contributed by atoms with Crippen LogP contribution in [0, 0.1) is 0 Å². The minimum atomic E-state index is -0.286. The van der Waals surface area contributed by atoms with Gasteiger partial charge in [-0.05, 0) is 47.2 Å². The van der Waals surface area contributed by atoms with Crippen molar-refractivity contribution in [2.24, 2.45) is 0 Å². The molecule has 0 bridgehead atoms. The van der Waals surface area contributed by atoms with Gasteiger partial charge in [0.1, 0.15) is 5.76 Å². The van der Waals surface area contributed by atoms with E-state index in [1.54, 1.807) is 48.7 Å². The molecule has 5 nitrogen and oxygen atoms in total. The van der Waals surface area contributed by atoms with Crippen LogP contribution in [0.15, 0.2) is 89.5 Å². The van der Waals surface area contributed by atoms with Gasteiger partial charge in [-0.2, -0.15) is 0 Å². The zero-order valence-electron chi connectivity index (χ0n) is 15.0. The number of carbonyl (C=O) groups excluding carboxylic acids is 2. The quantitative estimate of drug-likeness (QED) is 0.539. The molecule has 1 heterocycles. The van der Waals surface area contributed by atoms with Crippen LogP contribution in [-0.4, -0.2) is 11.8 Å². The molecule has 2 N–H and O–H groups in total. The summed E-state index contributed by atoms with van der Waals surface area (Å²) < 4.78 is 5.22. The molecule has 138 valence electrons. The van der Waals surface area contributed by atoms with Crippen molar-refractivity contribution in [1.29, 1.82) is 0 Å². The summed E-state index contributed by atoms with van der Waals surface area (Å²) in [6, 6.07) is 23.8. The molecule has 2 amide bonds. The van der Waals surface area contributed by atoms with Crippen molar-refractivity contribution in [3.8, 4) is 0 Å². The standard InChI is InChI=1S/C23H18N2O3/c26-22(18-12-11-16-6-1-2-7-17(16)14-18)25-21-10-4-3-9-20(21)23(27)24-15-19-8-5-13-28-19/h1-14H,15H2,(H,24,27)(H,25,26). The van der Waals surface area contributed by atoms with Gasteiger partial charge >= 0.3 is 0 Å². The van der Waals surface area contributed by atoms with E-state index in [1.165, 1.54) is 0 Å². The lowest BCUT2D eigenvalue weighted by molar-refractivity contribution is 0.0949. The van der Waals surface area contributed by atoms with E-state index >= 15 is 0 Å². The Hall–Kier alpha value is -3.86. The van der Waals surface area contributed by atoms with Gasteiger partial charge in [0.05, 0.1) is 24.1 Å². The van der Waals surface area contributed by atoms with E-state index in [2.05, 4.69) is 10.6 Å². The van der Waals surface area contributed by atoms with Gasteiger partial charge in [-0.3, -0.25) is 9.59 Å². The van der Waals surface area contributed by atoms with Gasteiger partial charge in [-0.1, -0.05) is 42.5 Å². The van der Waals surface area contributed by atoms with Crippen molar-refractivity contribution in [2.75, 3.05) is 5.32 Å². The number of benzene rings is 3. The Balaban J connectivity index is 1.52. The lowest BCUT2D eigenvalue weighted by Gasteiger charge is -2.11. The van der Waals surface area contributed by atoms with Crippen LogP contribution in [0.4, 0.5) is 5.69 Å². The SMILES string of the molecule is O=C(Nc1ccccc1C(=O)NCc1ccco1)c1ccc2ccccc2c1. The summed E-state index contributed by atoms with van der Waals surface area (Å²) in [5.41, 5.74) is 1.38. The van der Waals surface area contributed by atoms with Gasteiger partial charge in [0.15, 0.2) is 0 Å². The third-order valence-electron chi connectivity index (χ3n) is 4.43. The number of furan rings is 1. The summed E-state index contributed by atoms with van der Waals surface area (Å²) >= 11 is 0. The fraction of sp³-hybridized carbons (Fsp3) is 0.0435. The first-order chi connectivity index (χ1) is 13.7. The van der Waals surface area contributed by atoms with Gasteiger partial charge in [0.2, 0.25) is 0 Å². The molecule has 28 heavy (non-hydrogen) atoms. The molecular formula is C23H18N2O3. The van der Waals surface area contributed by atoms with E-state index in [1.807, 2.05) is 36.4 Å². The van der Waals surface area contributed by atoms with Crippen LogP contribution < -0.4 is 10.6 Å². The third kappa shape index (κ3) is 3.78. The highest BCUT2D eigenvalue weighted by Crippen LogP contribution is 2.19. The Bertz CT molecular complexity index is 1130. The second-order valence-corrected chi connectivity index (χ2v) is 6.32. The number of hydrogen-bond acceptors (Lipinski definition) is 3. The number of nitrogens with one attached hydrogen (secondary N) is 2. The van der Waals surface area contributed by atoms with Gasteiger partial charge in [0.25, 0.3) is 11.8 Å². The first-order valence-electron chi connectivity index (χ1n) is 8.90. The molecule has 0 aliphatic heterocycles. The molecule has 0 aliphatic carbocycles. The number of anilines is 1. The highest BCUT2D eigenvalue weighted by atomic mass is 16.3. The lowest BCUT2D eigenvalue weighted by Crippen LogP contribution is -2.24. The first kappa shape index (κ1) is 17.5. The maximum atomic E-state index is 12.7. The van der Waals surface area contributed by atoms with Gasteiger partial charge < -0.3 is 15.1 Å². The van der Waals surface area contributed by atoms with E-state index in [-0.39, 0.29) is 18.4 Å². The van der Waals surface area contributed by atoms with E-state index < -0.39 is 0 Å². The molecule has 0 unspecified atom stereocenters. The van der Waals surface area contributed by atoms with Crippen LogP contribution in [0.2, 0.25) is 0 Å². The second-order valence-electron chi connectivity index (χ2n) is 6.32. The molecule has 0 atom stereocenters. The van der Waals surface area contributed by atoms with Crippen LogP contribution in [0.25, 0.3) is 10.8 Å². The van der Waals surface area contributed by atoms with Gasteiger partial charge in [0, 0.05) is 5.56 Å². The van der Waals surface area contributed by atoms with Crippen LogP contribution >= 0.6 is 0 Å². The smallest absolute Gasteiger partial charge is 0.255 e.